The smallest absolute Gasteiger partial charge is 0.218 e. The third-order valence-electron chi connectivity index (χ3n) is 3.34. The van der Waals surface area contributed by atoms with Gasteiger partial charge in [0, 0.05) is 37.9 Å². The van der Waals surface area contributed by atoms with Crippen molar-refractivity contribution in [1.29, 1.82) is 0 Å². The molecule has 0 bridgehead atoms. The highest BCUT2D eigenvalue weighted by Gasteiger charge is 2.18. The minimum atomic E-state index is -0.476. The topological polar surface area (TPSA) is 32.3 Å². The summed E-state index contributed by atoms with van der Waals surface area (Å²) in [5.74, 6) is 0.190. The minimum Gasteiger partial charge on any atom is -0.368 e. The van der Waals surface area contributed by atoms with Gasteiger partial charge in [-0.25, -0.2) is 9.97 Å². The number of aromatic nitrogens is 2. The summed E-state index contributed by atoms with van der Waals surface area (Å²) in [4.78, 5) is 12.0. The lowest BCUT2D eigenvalue weighted by molar-refractivity contribution is 0.574. The highest BCUT2D eigenvalue weighted by atomic mass is 19.1. The molecule has 0 atom stereocenters. The molecule has 1 aromatic carbocycles. The van der Waals surface area contributed by atoms with Gasteiger partial charge in [-0.1, -0.05) is 18.2 Å². The molecule has 1 saturated heterocycles. The molecule has 0 spiro atoms. The Bertz CT molecular complexity index is 538. The highest BCUT2D eigenvalue weighted by molar-refractivity contribution is 5.48. The quantitative estimate of drug-likeness (QED) is 0.771. The summed E-state index contributed by atoms with van der Waals surface area (Å²) in [5, 5.41) is 0. The standard InChI is InChI=1S/C14H15FN4/c15-13-10-14(17-11-16-13)19-8-6-18(7-9-19)12-4-2-1-3-5-12/h1-5,10-11H,6-9H2. The van der Waals surface area contributed by atoms with E-state index in [-0.39, 0.29) is 0 Å². The number of halogens is 1. The van der Waals surface area contributed by atoms with Crippen molar-refractivity contribution in [3.05, 3.63) is 48.7 Å². The molecule has 4 nitrogen and oxygen atoms in total. The lowest BCUT2D eigenvalue weighted by Crippen LogP contribution is -2.46. The number of benzene rings is 1. The molecule has 3 rings (SSSR count). The van der Waals surface area contributed by atoms with E-state index in [1.54, 1.807) is 0 Å². The van der Waals surface area contributed by atoms with Crippen molar-refractivity contribution in [2.45, 2.75) is 0 Å². The van der Waals surface area contributed by atoms with Crippen LogP contribution in [0.3, 0.4) is 0 Å². The Labute approximate surface area is 111 Å². The van der Waals surface area contributed by atoms with Crippen molar-refractivity contribution in [2.24, 2.45) is 0 Å². The third kappa shape index (κ3) is 2.65. The van der Waals surface area contributed by atoms with E-state index in [0.717, 1.165) is 26.2 Å². The summed E-state index contributed by atoms with van der Waals surface area (Å²) in [5.41, 5.74) is 1.23. The highest BCUT2D eigenvalue weighted by Crippen LogP contribution is 2.18. The maximum Gasteiger partial charge on any atom is 0.218 e. The van der Waals surface area contributed by atoms with Crippen LogP contribution in [0.4, 0.5) is 15.9 Å². The van der Waals surface area contributed by atoms with Crippen LogP contribution in [0.2, 0.25) is 0 Å². The Morgan fingerprint density at radius 2 is 1.58 bits per heavy atom. The van der Waals surface area contributed by atoms with Crippen molar-refractivity contribution < 1.29 is 4.39 Å². The number of para-hydroxylation sites is 1. The lowest BCUT2D eigenvalue weighted by atomic mass is 10.2. The zero-order valence-electron chi connectivity index (χ0n) is 10.5. The molecule has 2 heterocycles. The summed E-state index contributed by atoms with van der Waals surface area (Å²) in [6, 6.07) is 11.7. The summed E-state index contributed by atoms with van der Waals surface area (Å²) >= 11 is 0. The van der Waals surface area contributed by atoms with Gasteiger partial charge in [-0.15, -0.1) is 0 Å². The first-order valence-corrected chi connectivity index (χ1v) is 6.35. The third-order valence-corrected chi connectivity index (χ3v) is 3.34. The number of hydrogen-bond donors (Lipinski definition) is 0. The number of anilines is 2. The molecule has 0 unspecified atom stereocenters. The first-order chi connectivity index (χ1) is 9.33. The van der Waals surface area contributed by atoms with E-state index in [1.165, 1.54) is 18.1 Å². The van der Waals surface area contributed by atoms with E-state index in [0.29, 0.717) is 5.82 Å². The van der Waals surface area contributed by atoms with Gasteiger partial charge >= 0.3 is 0 Å². The Morgan fingerprint density at radius 3 is 2.26 bits per heavy atom. The van der Waals surface area contributed by atoms with Crippen LogP contribution < -0.4 is 9.80 Å². The first kappa shape index (κ1) is 11.9. The Morgan fingerprint density at radius 1 is 0.895 bits per heavy atom. The van der Waals surface area contributed by atoms with E-state index >= 15 is 0 Å². The molecule has 19 heavy (non-hydrogen) atoms. The largest absolute Gasteiger partial charge is 0.368 e. The first-order valence-electron chi connectivity index (χ1n) is 6.35. The molecule has 0 radical (unpaired) electrons. The summed E-state index contributed by atoms with van der Waals surface area (Å²) in [6.45, 7) is 3.50. The van der Waals surface area contributed by atoms with Gasteiger partial charge in [-0.2, -0.15) is 4.39 Å². The molecule has 2 aromatic rings. The molecule has 0 aliphatic carbocycles. The second kappa shape index (κ2) is 5.22. The van der Waals surface area contributed by atoms with E-state index in [2.05, 4.69) is 31.9 Å². The molecule has 1 aliphatic rings. The van der Waals surface area contributed by atoms with E-state index in [4.69, 9.17) is 0 Å². The molecular formula is C14H15FN4. The number of rotatable bonds is 2. The van der Waals surface area contributed by atoms with Gasteiger partial charge in [0.1, 0.15) is 12.1 Å². The van der Waals surface area contributed by atoms with Crippen molar-refractivity contribution in [2.75, 3.05) is 36.0 Å². The Kier molecular flexibility index (Phi) is 3.27. The van der Waals surface area contributed by atoms with Gasteiger partial charge in [-0.3, -0.25) is 0 Å². The molecule has 1 aliphatic heterocycles. The van der Waals surface area contributed by atoms with Crippen molar-refractivity contribution >= 4 is 11.5 Å². The van der Waals surface area contributed by atoms with Crippen LogP contribution in [0.5, 0.6) is 0 Å². The van der Waals surface area contributed by atoms with Gasteiger partial charge in [0.15, 0.2) is 0 Å². The molecule has 0 N–H and O–H groups in total. The zero-order valence-corrected chi connectivity index (χ0v) is 10.5. The van der Waals surface area contributed by atoms with Crippen molar-refractivity contribution in [3.63, 3.8) is 0 Å². The molecule has 0 amide bonds. The zero-order chi connectivity index (χ0) is 13.1. The van der Waals surface area contributed by atoms with E-state index < -0.39 is 5.95 Å². The Balaban J connectivity index is 1.67. The van der Waals surface area contributed by atoms with Crippen LogP contribution >= 0.6 is 0 Å². The molecule has 1 aromatic heterocycles. The fraction of sp³-hybridized carbons (Fsp3) is 0.286. The maximum absolute atomic E-state index is 13.1. The number of piperazine rings is 1. The average Bonchev–Trinajstić information content (AvgIpc) is 2.48. The molecule has 5 heteroatoms. The Hall–Kier alpha value is -2.17. The van der Waals surface area contributed by atoms with Gasteiger partial charge in [0.2, 0.25) is 5.95 Å². The van der Waals surface area contributed by atoms with Crippen LogP contribution in [-0.4, -0.2) is 36.1 Å². The van der Waals surface area contributed by atoms with Crippen molar-refractivity contribution in [1.82, 2.24) is 9.97 Å². The van der Waals surface area contributed by atoms with Gasteiger partial charge < -0.3 is 9.80 Å². The van der Waals surface area contributed by atoms with Crippen LogP contribution in [0.1, 0.15) is 0 Å². The van der Waals surface area contributed by atoms with E-state index in [1.807, 2.05) is 18.2 Å². The normalized spacial score (nSPS) is 15.6. The van der Waals surface area contributed by atoms with Crippen LogP contribution in [0.15, 0.2) is 42.7 Å². The maximum atomic E-state index is 13.1. The number of nitrogens with zero attached hydrogens (tertiary/aromatic N) is 4. The summed E-state index contributed by atoms with van der Waals surface area (Å²) in [7, 11) is 0. The van der Waals surface area contributed by atoms with Crippen molar-refractivity contribution in [3.8, 4) is 0 Å². The predicted molar refractivity (Wildman–Crippen MR) is 72.9 cm³/mol. The summed E-state index contributed by atoms with van der Waals surface area (Å²) in [6.07, 6.45) is 1.27. The molecule has 1 fully saturated rings. The fourth-order valence-corrected chi connectivity index (χ4v) is 2.33. The molecule has 0 saturated carbocycles. The predicted octanol–water partition coefficient (Wildman–Crippen LogP) is 1.94. The SMILES string of the molecule is Fc1cc(N2CCN(c3ccccc3)CC2)ncn1. The second-order valence-corrected chi connectivity index (χ2v) is 4.51. The second-order valence-electron chi connectivity index (χ2n) is 4.51. The van der Waals surface area contributed by atoms with E-state index in [9.17, 15) is 4.39 Å². The number of hydrogen-bond acceptors (Lipinski definition) is 4. The molecular weight excluding hydrogens is 243 g/mol. The molecule has 98 valence electrons. The van der Waals surface area contributed by atoms with Crippen LogP contribution in [0.25, 0.3) is 0 Å². The van der Waals surface area contributed by atoms with Gasteiger partial charge in [-0.05, 0) is 12.1 Å². The van der Waals surface area contributed by atoms with Crippen LogP contribution in [0, 0.1) is 5.95 Å². The lowest BCUT2D eigenvalue weighted by Gasteiger charge is -2.36. The average molecular weight is 258 g/mol. The van der Waals surface area contributed by atoms with Gasteiger partial charge in [0.25, 0.3) is 0 Å². The van der Waals surface area contributed by atoms with Crippen LogP contribution in [-0.2, 0) is 0 Å². The fourth-order valence-electron chi connectivity index (χ4n) is 2.33. The minimum absolute atomic E-state index is 0.476. The summed E-state index contributed by atoms with van der Waals surface area (Å²) < 4.78 is 13.1. The van der Waals surface area contributed by atoms with Gasteiger partial charge in [0.05, 0.1) is 0 Å². The monoisotopic (exact) mass is 258 g/mol.